The molecule has 0 atom stereocenters. The first kappa shape index (κ1) is 12.6. The SMILES string of the molecule is Brc1cc(Br)n(Cc2cnn(-c3ccccc3)c2)n1. The van der Waals surface area contributed by atoms with Gasteiger partial charge in [-0.3, -0.25) is 4.68 Å². The Hall–Kier alpha value is -1.40. The highest BCUT2D eigenvalue weighted by molar-refractivity contribution is 9.11. The van der Waals surface area contributed by atoms with Crippen molar-refractivity contribution in [2.24, 2.45) is 0 Å². The second-order valence-electron chi connectivity index (χ2n) is 4.08. The minimum absolute atomic E-state index is 0.680. The van der Waals surface area contributed by atoms with Gasteiger partial charge in [-0.25, -0.2) is 4.68 Å². The fraction of sp³-hybridized carbons (Fsp3) is 0.0769. The summed E-state index contributed by atoms with van der Waals surface area (Å²) in [5.74, 6) is 0. The van der Waals surface area contributed by atoms with E-state index < -0.39 is 0 Å². The first-order chi connectivity index (χ1) is 9.22. The Morgan fingerprint density at radius 3 is 2.58 bits per heavy atom. The highest BCUT2D eigenvalue weighted by atomic mass is 79.9. The molecule has 96 valence electrons. The zero-order valence-electron chi connectivity index (χ0n) is 9.87. The highest BCUT2D eigenvalue weighted by Gasteiger charge is 2.06. The quantitative estimate of drug-likeness (QED) is 0.694. The minimum Gasteiger partial charge on any atom is -0.253 e. The van der Waals surface area contributed by atoms with Crippen molar-refractivity contribution in [2.45, 2.75) is 6.54 Å². The van der Waals surface area contributed by atoms with Crippen molar-refractivity contribution >= 4 is 31.9 Å². The molecule has 0 saturated heterocycles. The van der Waals surface area contributed by atoms with Crippen LogP contribution in [-0.2, 0) is 6.54 Å². The molecule has 0 unspecified atom stereocenters. The lowest BCUT2D eigenvalue weighted by Gasteiger charge is -2.01. The fourth-order valence-electron chi connectivity index (χ4n) is 1.81. The molecular weight excluding hydrogens is 372 g/mol. The van der Waals surface area contributed by atoms with Crippen LogP contribution >= 0.6 is 31.9 Å². The summed E-state index contributed by atoms with van der Waals surface area (Å²) in [4.78, 5) is 0. The van der Waals surface area contributed by atoms with Gasteiger partial charge in [-0.1, -0.05) is 18.2 Å². The third-order valence-electron chi connectivity index (χ3n) is 2.69. The number of hydrogen-bond acceptors (Lipinski definition) is 2. The van der Waals surface area contributed by atoms with Crippen LogP contribution in [0.5, 0.6) is 0 Å². The van der Waals surface area contributed by atoms with Crippen LogP contribution in [0.1, 0.15) is 5.56 Å². The normalized spacial score (nSPS) is 10.8. The molecule has 3 aromatic rings. The first-order valence-corrected chi connectivity index (χ1v) is 7.29. The van der Waals surface area contributed by atoms with Gasteiger partial charge in [0.2, 0.25) is 0 Å². The molecule has 0 spiro atoms. The number of aromatic nitrogens is 4. The van der Waals surface area contributed by atoms with Gasteiger partial charge in [-0.15, -0.1) is 0 Å². The summed E-state index contributed by atoms with van der Waals surface area (Å²) >= 11 is 6.83. The Balaban J connectivity index is 1.84. The standard InChI is InChI=1S/C13H10Br2N4/c14-12-6-13(15)19(17-12)9-10-7-16-18(8-10)11-4-2-1-3-5-11/h1-8H,9H2. The second-order valence-corrected chi connectivity index (χ2v) is 5.70. The number of halogens is 2. The van der Waals surface area contributed by atoms with Crippen molar-refractivity contribution in [1.82, 2.24) is 19.6 Å². The van der Waals surface area contributed by atoms with E-state index in [1.165, 1.54) is 0 Å². The van der Waals surface area contributed by atoms with E-state index in [1.807, 2.05) is 58.2 Å². The topological polar surface area (TPSA) is 35.6 Å². The largest absolute Gasteiger partial charge is 0.253 e. The van der Waals surface area contributed by atoms with E-state index in [2.05, 4.69) is 42.1 Å². The summed E-state index contributed by atoms with van der Waals surface area (Å²) in [7, 11) is 0. The molecule has 0 radical (unpaired) electrons. The number of para-hydroxylation sites is 1. The Kier molecular flexibility index (Phi) is 3.52. The predicted molar refractivity (Wildman–Crippen MR) is 80.3 cm³/mol. The molecule has 1 aromatic carbocycles. The van der Waals surface area contributed by atoms with E-state index in [4.69, 9.17) is 0 Å². The van der Waals surface area contributed by atoms with Crippen LogP contribution in [0.2, 0.25) is 0 Å². The van der Waals surface area contributed by atoms with Crippen LogP contribution in [0, 0.1) is 0 Å². The smallest absolute Gasteiger partial charge is 0.129 e. The summed E-state index contributed by atoms with van der Waals surface area (Å²) in [6.07, 6.45) is 3.87. The number of rotatable bonds is 3. The van der Waals surface area contributed by atoms with Crippen LogP contribution < -0.4 is 0 Å². The molecule has 0 aliphatic heterocycles. The number of benzene rings is 1. The molecular formula is C13H10Br2N4. The Morgan fingerprint density at radius 2 is 1.89 bits per heavy atom. The zero-order chi connectivity index (χ0) is 13.2. The van der Waals surface area contributed by atoms with Gasteiger partial charge in [0.05, 0.1) is 18.4 Å². The molecule has 0 saturated carbocycles. The summed E-state index contributed by atoms with van der Waals surface area (Å²) in [5, 5.41) is 8.70. The van der Waals surface area contributed by atoms with Crippen LogP contribution in [0.25, 0.3) is 5.69 Å². The molecule has 2 heterocycles. The van der Waals surface area contributed by atoms with Gasteiger partial charge in [0.25, 0.3) is 0 Å². The maximum atomic E-state index is 4.37. The molecule has 3 rings (SSSR count). The fourth-order valence-corrected chi connectivity index (χ4v) is 2.95. The second kappa shape index (κ2) is 5.30. The molecule has 19 heavy (non-hydrogen) atoms. The van der Waals surface area contributed by atoms with Crippen molar-refractivity contribution < 1.29 is 0 Å². The Labute approximate surface area is 127 Å². The molecule has 0 amide bonds. The molecule has 0 aliphatic carbocycles. The predicted octanol–water partition coefficient (Wildman–Crippen LogP) is 3.64. The van der Waals surface area contributed by atoms with E-state index in [0.717, 1.165) is 20.5 Å². The van der Waals surface area contributed by atoms with E-state index in [1.54, 1.807) is 0 Å². The van der Waals surface area contributed by atoms with Crippen molar-refractivity contribution in [1.29, 1.82) is 0 Å². The van der Waals surface area contributed by atoms with Gasteiger partial charge in [0, 0.05) is 17.8 Å². The Morgan fingerprint density at radius 1 is 1.11 bits per heavy atom. The van der Waals surface area contributed by atoms with Gasteiger partial charge in [0.15, 0.2) is 0 Å². The van der Waals surface area contributed by atoms with Gasteiger partial charge in [-0.05, 0) is 44.0 Å². The van der Waals surface area contributed by atoms with Gasteiger partial charge >= 0.3 is 0 Å². The molecule has 2 aromatic heterocycles. The maximum absolute atomic E-state index is 4.37. The van der Waals surface area contributed by atoms with Gasteiger partial charge in [-0.2, -0.15) is 10.2 Å². The van der Waals surface area contributed by atoms with Crippen LogP contribution in [0.3, 0.4) is 0 Å². The monoisotopic (exact) mass is 380 g/mol. The number of hydrogen-bond donors (Lipinski definition) is 0. The summed E-state index contributed by atoms with van der Waals surface area (Å²) < 4.78 is 5.49. The van der Waals surface area contributed by atoms with E-state index in [-0.39, 0.29) is 0 Å². The average Bonchev–Trinajstić information content (AvgIpc) is 2.99. The third-order valence-corrected chi connectivity index (χ3v) is 3.72. The van der Waals surface area contributed by atoms with Gasteiger partial charge in [0.1, 0.15) is 9.21 Å². The highest BCUT2D eigenvalue weighted by Crippen LogP contribution is 2.18. The van der Waals surface area contributed by atoms with Crippen molar-refractivity contribution in [3.8, 4) is 5.69 Å². The minimum atomic E-state index is 0.680. The van der Waals surface area contributed by atoms with Crippen molar-refractivity contribution in [2.75, 3.05) is 0 Å². The lowest BCUT2D eigenvalue weighted by Crippen LogP contribution is -2.01. The molecule has 0 bridgehead atoms. The third kappa shape index (κ3) is 2.79. The summed E-state index contributed by atoms with van der Waals surface area (Å²) in [6, 6.07) is 12.0. The van der Waals surface area contributed by atoms with E-state index in [9.17, 15) is 0 Å². The van der Waals surface area contributed by atoms with Crippen molar-refractivity contribution in [3.63, 3.8) is 0 Å². The van der Waals surface area contributed by atoms with Crippen molar-refractivity contribution in [3.05, 3.63) is 63.6 Å². The van der Waals surface area contributed by atoms with Gasteiger partial charge < -0.3 is 0 Å². The van der Waals surface area contributed by atoms with Crippen LogP contribution in [0.15, 0.2) is 58.0 Å². The average molecular weight is 382 g/mol. The van der Waals surface area contributed by atoms with E-state index in [0.29, 0.717) is 6.54 Å². The molecule has 0 aliphatic rings. The summed E-state index contributed by atoms with van der Waals surface area (Å²) in [6.45, 7) is 0.680. The van der Waals surface area contributed by atoms with Crippen LogP contribution in [0.4, 0.5) is 0 Å². The molecule has 6 heteroatoms. The molecule has 0 N–H and O–H groups in total. The van der Waals surface area contributed by atoms with E-state index >= 15 is 0 Å². The Bertz CT molecular complexity index is 688. The molecule has 4 nitrogen and oxygen atoms in total. The molecule has 0 fully saturated rings. The lowest BCUT2D eigenvalue weighted by atomic mass is 10.3. The van der Waals surface area contributed by atoms with Crippen LogP contribution in [-0.4, -0.2) is 19.6 Å². The summed E-state index contributed by atoms with van der Waals surface area (Å²) in [5.41, 5.74) is 2.15. The lowest BCUT2D eigenvalue weighted by molar-refractivity contribution is 0.667. The zero-order valence-corrected chi connectivity index (χ0v) is 13.0. The number of nitrogens with zero attached hydrogens (tertiary/aromatic N) is 4. The maximum Gasteiger partial charge on any atom is 0.129 e. The first-order valence-electron chi connectivity index (χ1n) is 5.70.